The maximum absolute atomic E-state index is 13.9. The quantitative estimate of drug-likeness (QED) is 0.360. The van der Waals surface area contributed by atoms with Crippen molar-refractivity contribution in [2.75, 3.05) is 51.3 Å². The van der Waals surface area contributed by atoms with Crippen molar-refractivity contribution in [2.45, 2.75) is 19.8 Å². The molecule has 1 aliphatic rings. The lowest BCUT2D eigenvalue weighted by atomic mass is 10.2. The molecule has 1 N–H and O–H groups in total. The number of nitrogens with zero attached hydrogens (tertiary/aromatic N) is 3. The van der Waals surface area contributed by atoms with E-state index in [0.29, 0.717) is 57.9 Å². The van der Waals surface area contributed by atoms with Gasteiger partial charge in [0, 0.05) is 52.3 Å². The fraction of sp³-hybridized carbons (Fsp3) is 0.556. The molecule has 0 atom stereocenters. The molecule has 0 amide bonds. The van der Waals surface area contributed by atoms with E-state index in [1.807, 2.05) is 4.90 Å². The fourth-order valence-electron chi connectivity index (χ4n) is 2.89. The van der Waals surface area contributed by atoms with E-state index in [0.717, 1.165) is 18.1 Å². The molecule has 8 heteroatoms. The number of carbonyl (C=O) groups is 1. The topological polar surface area (TPSA) is 57.2 Å². The lowest BCUT2D eigenvalue weighted by Crippen LogP contribution is -2.52. The first-order valence-corrected chi connectivity index (χ1v) is 8.86. The van der Waals surface area contributed by atoms with Gasteiger partial charge in [-0.1, -0.05) is 0 Å². The number of halogens is 2. The van der Waals surface area contributed by atoms with Crippen molar-refractivity contribution < 1.29 is 18.3 Å². The molecule has 1 aromatic rings. The van der Waals surface area contributed by atoms with Gasteiger partial charge in [0.2, 0.25) is 0 Å². The van der Waals surface area contributed by atoms with Crippen LogP contribution in [-0.2, 0) is 9.53 Å². The van der Waals surface area contributed by atoms with Crippen molar-refractivity contribution in [3.8, 4) is 0 Å². The minimum atomic E-state index is -0.442. The van der Waals surface area contributed by atoms with Gasteiger partial charge in [-0.25, -0.2) is 8.78 Å². The molecule has 6 nitrogen and oxygen atoms in total. The number of esters is 1. The Morgan fingerprint density at radius 3 is 2.65 bits per heavy atom. The van der Waals surface area contributed by atoms with E-state index < -0.39 is 11.6 Å². The highest BCUT2D eigenvalue weighted by Gasteiger charge is 2.21. The van der Waals surface area contributed by atoms with Crippen LogP contribution in [0.3, 0.4) is 0 Å². The Morgan fingerprint density at radius 1 is 1.27 bits per heavy atom. The van der Waals surface area contributed by atoms with Gasteiger partial charge in [-0.05, 0) is 25.5 Å². The summed E-state index contributed by atoms with van der Waals surface area (Å²) in [6.07, 6.45) is 1.02. The number of guanidine groups is 1. The molecule has 1 aliphatic heterocycles. The first-order chi connectivity index (χ1) is 12.5. The van der Waals surface area contributed by atoms with Gasteiger partial charge in [0.15, 0.2) is 5.96 Å². The van der Waals surface area contributed by atoms with Gasteiger partial charge in [-0.2, -0.15) is 0 Å². The molecule has 0 unspecified atom stereocenters. The summed E-state index contributed by atoms with van der Waals surface area (Å²) < 4.78 is 32.2. The van der Waals surface area contributed by atoms with E-state index in [1.165, 1.54) is 6.07 Å². The van der Waals surface area contributed by atoms with E-state index in [1.54, 1.807) is 14.0 Å². The van der Waals surface area contributed by atoms with E-state index in [4.69, 9.17) is 4.74 Å². The Bertz CT molecular complexity index is 632. The smallest absolute Gasteiger partial charge is 0.305 e. The highest BCUT2D eigenvalue weighted by molar-refractivity contribution is 5.80. The van der Waals surface area contributed by atoms with Crippen LogP contribution in [0.1, 0.15) is 19.8 Å². The van der Waals surface area contributed by atoms with Crippen molar-refractivity contribution in [1.82, 2.24) is 10.2 Å². The van der Waals surface area contributed by atoms with Gasteiger partial charge >= 0.3 is 5.97 Å². The number of hydrogen-bond acceptors (Lipinski definition) is 4. The van der Waals surface area contributed by atoms with Gasteiger partial charge in [0.1, 0.15) is 11.6 Å². The summed E-state index contributed by atoms with van der Waals surface area (Å²) in [6, 6.07) is 3.51. The number of rotatable bonds is 6. The third-order valence-corrected chi connectivity index (χ3v) is 4.19. The SMILES string of the molecule is CCOC(=O)CCCNC(=NC)N1CCN(c2cc(F)ccc2F)CC1. The molecule has 1 saturated heterocycles. The third kappa shape index (κ3) is 5.57. The van der Waals surface area contributed by atoms with Gasteiger partial charge in [0.25, 0.3) is 0 Å². The minimum Gasteiger partial charge on any atom is -0.466 e. The molecule has 1 fully saturated rings. The largest absolute Gasteiger partial charge is 0.466 e. The highest BCUT2D eigenvalue weighted by atomic mass is 19.1. The lowest BCUT2D eigenvalue weighted by Gasteiger charge is -2.37. The monoisotopic (exact) mass is 368 g/mol. The van der Waals surface area contributed by atoms with Crippen molar-refractivity contribution in [3.05, 3.63) is 29.8 Å². The van der Waals surface area contributed by atoms with Crippen LogP contribution in [0.15, 0.2) is 23.2 Å². The molecule has 0 spiro atoms. The third-order valence-electron chi connectivity index (χ3n) is 4.19. The number of benzene rings is 1. The highest BCUT2D eigenvalue weighted by Crippen LogP contribution is 2.21. The predicted octanol–water partition coefficient (Wildman–Crippen LogP) is 2.01. The summed E-state index contributed by atoms with van der Waals surface area (Å²) in [7, 11) is 1.70. The summed E-state index contributed by atoms with van der Waals surface area (Å²) in [5, 5.41) is 3.23. The second-order valence-electron chi connectivity index (χ2n) is 5.95. The van der Waals surface area contributed by atoms with Crippen molar-refractivity contribution in [1.29, 1.82) is 0 Å². The predicted molar refractivity (Wildman–Crippen MR) is 97.4 cm³/mol. The van der Waals surface area contributed by atoms with E-state index in [2.05, 4.69) is 15.2 Å². The second-order valence-corrected chi connectivity index (χ2v) is 5.95. The number of carbonyl (C=O) groups excluding carboxylic acids is 1. The Labute approximate surface area is 152 Å². The first kappa shape index (κ1) is 19.9. The van der Waals surface area contributed by atoms with Crippen LogP contribution in [0.2, 0.25) is 0 Å². The molecule has 26 heavy (non-hydrogen) atoms. The van der Waals surface area contributed by atoms with Gasteiger partial charge in [0.05, 0.1) is 12.3 Å². The molecule has 0 saturated carbocycles. The van der Waals surface area contributed by atoms with E-state index >= 15 is 0 Å². The van der Waals surface area contributed by atoms with Crippen LogP contribution >= 0.6 is 0 Å². The Kier molecular flexibility index (Phi) is 7.62. The number of anilines is 1. The average molecular weight is 368 g/mol. The zero-order valence-corrected chi connectivity index (χ0v) is 15.3. The summed E-state index contributed by atoms with van der Waals surface area (Å²) >= 11 is 0. The van der Waals surface area contributed by atoms with Crippen molar-refractivity contribution in [2.24, 2.45) is 4.99 Å². The molecule has 0 aromatic heterocycles. The van der Waals surface area contributed by atoms with Crippen molar-refractivity contribution in [3.63, 3.8) is 0 Å². The summed E-state index contributed by atoms with van der Waals surface area (Å²) in [6.45, 7) is 5.23. The van der Waals surface area contributed by atoms with Gasteiger partial charge < -0.3 is 19.9 Å². The zero-order chi connectivity index (χ0) is 18.9. The maximum atomic E-state index is 13.9. The van der Waals surface area contributed by atoms with E-state index in [-0.39, 0.29) is 5.97 Å². The van der Waals surface area contributed by atoms with Gasteiger partial charge in [-0.15, -0.1) is 0 Å². The Hall–Kier alpha value is -2.38. The first-order valence-electron chi connectivity index (χ1n) is 8.86. The standard InChI is InChI=1S/C18H26F2N4O2/c1-3-26-17(25)5-4-8-22-18(21-2)24-11-9-23(10-12-24)16-13-14(19)6-7-15(16)20/h6-7,13H,3-5,8-12H2,1-2H3,(H,21,22). The van der Waals surface area contributed by atoms with Gasteiger partial charge in [-0.3, -0.25) is 9.79 Å². The van der Waals surface area contributed by atoms with Crippen LogP contribution in [0, 0.1) is 11.6 Å². The molecular formula is C18H26F2N4O2. The second kappa shape index (κ2) is 9.94. The molecule has 144 valence electrons. The molecule has 1 heterocycles. The number of hydrogen-bond donors (Lipinski definition) is 1. The van der Waals surface area contributed by atoms with Crippen LogP contribution in [0.25, 0.3) is 0 Å². The van der Waals surface area contributed by atoms with Crippen LogP contribution < -0.4 is 10.2 Å². The van der Waals surface area contributed by atoms with Crippen LogP contribution in [0.5, 0.6) is 0 Å². The number of nitrogens with one attached hydrogen (secondary N) is 1. The Balaban J connectivity index is 1.80. The number of aliphatic imine (C=N–C) groups is 1. The number of ether oxygens (including phenoxy) is 1. The zero-order valence-electron chi connectivity index (χ0n) is 15.3. The summed E-state index contributed by atoms with van der Waals surface area (Å²) in [5.41, 5.74) is 0.294. The molecule has 0 bridgehead atoms. The molecule has 0 radical (unpaired) electrons. The lowest BCUT2D eigenvalue weighted by molar-refractivity contribution is -0.143. The van der Waals surface area contributed by atoms with E-state index in [9.17, 15) is 13.6 Å². The molecule has 1 aromatic carbocycles. The van der Waals surface area contributed by atoms with Crippen LogP contribution in [0.4, 0.5) is 14.5 Å². The minimum absolute atomic E-state index is 0.199. The van der Waals surface area contributed by atoms with Crippen molar-refractivity contribution >= 4 is 17.6 Å². The normalized spacial score (nSPS) is 15.2. The fourth-order valence-corrected chi connectivity index (χ4v) is 2.89. The molecular weight excluding hydrogens is 342 g/mol. The summed E-state index contributed by atoms with van der Waals surface area (Å²) in [5.74, 6) is -0.313. The van der Waals surface area contributed by atoms with Crippen LogP contribution in [-0.4, -0.2) is 63.2 Å². The maximum Gasteiger partial charge on any atom is 0.305 e. The average Bonchev–Trinajstić information content (AvgIpc) is 2.64. The Morgan fingerprint density at radius 2 is 2.00 bits per heavy atom. The molecule has 2 rings (SSSR count). The summed E-state index contributed by atoms with van der Waals surface area (Å²) in [4.78, 5) is 19.5. The number of piperazine rings is 1. The molecule has 0 aliphatic carbocycles.